The van der Waals surface area contributed by atoms with Crippen molar-refractivity contribution < 1.29 is 9.53 Å². The van der Waals surface area contributed by atoms with Crippen LogP contribution < -0.4 is 4.74 Å². The van der Waals surface area contributed by atoms with Crippen LogP contribution in [0.2, 0.25) is 0 Å². The van der Waals surface area contributed by atoms with Gasteiger partial charge in [0.05, 0.1) is 13.2 Å². The number of hydrogen-bond donors (Lipinski definition) is 0. The second-order valence-electron chi connectivity index (χ2n) is 8.91. The van der Waals surface area contributed by atoms with Crippen molar-refractivity contribution in [1.29, 1.82) is 0 Å². The molecule has 152 valence electrons. The quantitative estimate of drug-likeness (QED) is 0.740. The van der Waals surface area contributed by atoms with Gasteiger partial charge in [-0.1, -0.05) is 30.3 Å². The number of ether oxygens (including phenoxy) is 1. The third-order valence-electron chi connectivity index (χ3n) is 6.94. The van der Waals surface area contributed by atoms with Gasteiger partial charge in [0.1, 0.15) is 5.75 Å². The molecule has 1 fully saturated rings. The summed E-state index contributed by atoms with van der Waals surface area (Å²) in [5, 5.41) is 0. The van der Waals surface area contributed by atoms with Gasteiger partial charge < -0.3 is 9.64 Å². The maximum Gasteiger partial charge on any atom is 0.254 e. The van der Waals surface area contributed by atoms with E-state index in [1.807, 2.05) is 18.3 Å². The normalized spacial score (nSPS) is 21.9. The molecule has 1 atom stereocenters. The van der Waals surface area contributed by atoms with Gasteiger partial charge in [0.2, 0.25) is 0 Å². The molecule has 4 heteroatoms. The largest absolute Gasteiger partial charge is 0.492 e. The lowest BCUT2D eigenvalue weighted by Crippen LogP contribution is -2.43. The van der Waals surface area contributed by atoms with E-state index in [0.717, 1.165) is 74.1 Å². The summed E-state index contributed by atoms with van der Waals surface area (Å²) >= 11 is 0. The number of para-hydroxylation sites is 1. The molecule has 1 amide bonds. The summed E-state index contributed by atoms with van der Waals surface area (Å²) in [6, 6.07) is 15.2. The van der Waals surface area contributed by atoms with Gasteiger partial charge in [-0.05, 0) is 66.5 Å². The van der Waals surface area contributed by atoms with Gasteiger partial charge in [-0.3, -0.25) is 9.79 Å². The molecule has 0 spiro atoms. The summed E-state index contributed by atoms with van der Waals surface area (Å²) in [6.07, 6.45) is 8.38. The van der Waals surface area contributed by atoms with Crippen molar-refractivity contribution in [3.63, 3.8) is 0 Å². The maximum atomic E-state index is 13.5. The molecule has 2 aromatic rings. The standard InChI is InChI=1S/C26H26N2O2/c29-26(28(22-10-11-22)23-9-8-20-15-27-16-21(20)14-23)19-6-4-17(5-7-19)24-3-1-2-18-12-13-30-25(18)24/h1-7,16,22-23H,8-15H2. The minimum absolute atomic E-state index is 0.183. The van der Waals surface area contributed by atoms with E-state index in [0.29, 0.717) is 12.1 Å². The van der Waals surface area contributed by atoms with Crippen molar-refractivity contribution in [3.8, 4) is 16.9 Å². The number of fused-ring (bicyclic) bond motifs is 1. The van der Waals surface area contributed by atoms with Gasteiger partial charge in [0.15, 0.2) is 0 Å². The Morgan fingerprint density at radius 3 is 2.70 bits per heavy atom. The van der Waals surface area contributed by atoms with Gasteiger partial charge in [-0.25, -0.2) is 0 Å². The molecule has 4 nitrogen and oxygen atoms in total. The van der Waals surface area contributed by atoms with Crippen molar-refractivity contribution in [2.45, 2.75) is 50.6 Å². The smallest absolute Gasteiger partial charge is 0.254 e. The SMILES string of the molecule is O=C(c1ccc(-c2cccc3c2OCC3)cc1)N(C1CC1)C1CCC2=C(C=NC2)C1. The van der Waals surface area contributed by atoms with E-state index in [-0.39, 0.29) is 5.91 Å². The number of nitrogens with zero attached hydrogens (tertiary/aromatic N) is 2. The van der Waals surface area contributed by atoms with Crippen molar-refractivity contribution in [2.75, 3.05) is 13.2 Å². The van der Waals surface area contributed by atoms with E-state index < -0.39 is 0 Å². The van der Waals surface area contributed by atoms with E-state index in [2.05, 4.69) is 40.2 Å². The molecule has 2 aromatic carbocycles. The third-order valence-corrected chi connectivity index (χ3v) is 6.94. The van der Waals surface area contributed by atoms with Gasteiger partial charge in [0, 0.05) is 35.8 Å². The highest BCUT2D eigenvalue weighted by atomic mass is 16.5. The van der Waals surface area contributed by atoms with Gasteiger partial charge >= 0.3 is 0 Å². The van der Waals surface area contributed by atoms with Crippen molar-refractivity contribution in [2.24, 2.45) is 4.99 Å². The fourth-order valence-corrected chi connectivity index (χ4v) is 5.20. The second kappa shape index (κ2) is 7.12. The monoisotopic (exact) mass is 398 g/mol. The van der Waals surface area contributed by atoms with Crippen LogP contribution in [0.3, 0.4) is 0 Å². The Morgan fingerprint density at radius 1 is 1.00 bits per heavy atom. The molecular formula is C26H26N2O2. The van der Waals surface area contributed by atoms with Gasteiger partial charge in [-0.2, -0.15) is 0 Å². The summed E-state index contributed by atoms with van der Waals surface area (Å²) in [5.74, 6) is 1.18. The minimum Gasteiger partial charge on any atom is -0.492 e. The molecule has 4 aliphatic rings. The number of aliphatic imine (C=N–C) groups is 1. The first-order valence-electron chi connectivity index (χ1n) is 11.2. The molecule has 0 radical (unpaired) electrons. The summed E-state index contributed by atoms with van der Waals surface area (Å²) in [4.78, 5) is 20.1. The molecular weight excluding hydrogens is 372 g/mol. The Balaban J connectivity index is 1.25. The Morgan fingerprint density at radius 2 is 1.87 bits per heavy atom. The lowest BCUT2D eigenvalue weighted by atomic mass is 9.88. The first-order valence-corrected chi connectivity index (χ1v) is 11.2. The molecule has 1 saturated carbocycles. The molecule has 30 heavy (non-hydrogen) atoms. The van der Waals surface area contributed by atoms with Gasteiger partial charge in [-0.15, -0.1) is 0 Å². The number of hydrogen-bond acceptors (Lipinski definition) is 3. The van der Waals surface area contributed by atoms with E-state index in [9.17, 15) is 4.79 Å². The fourth-order valence-electron chi connectivity index (χ4n) is 5.20. The van der Waals surface area contributed by atoms with Crippen molar-refractivity contribution in [1.82, 2.24) is 4.90 Å². The van der Waals surface area contributed by atoms with Crippen LogP contribution in [0.1, 0.15) is 48.0 Å². The summed E-state index contributed by atoms with van der Waals surface area (Å²) in [6.45, 7) is 1.62. The predicted molar refractivity (Wildman–Crippen MR) is 118 cm³/mol. The lowest BCUT2D eigenvalue weighted by Gasteiger charge is -2.35. The number of rotatable bonds is 4. The molecule has 2 aliphatic heterocycles. The third kappa shape index (κ3) is 3.06. The highest BCUT2D eigenvalue weighted by Crippen LogP contribution is 2.39. The second-order valence-corrected chi connectivity index (χ2v) is 8.91. The molecule has 0 saturated heterocycles. The number of amides is 1. The topological polar surface area (TPSA) is 41.9 Å². The number of carbonyl (C=O) groups excluding carboxylic acids is 1. The van der Waals surface area contributed by atoms with Crippen LogP contribution in [0, 0.1) is 0 Å². The van der Waals surface area contributed by atoms with E-state index >= 15 is 0 Å². The maximum absolute atomic E-state index is 13.5. The van der Waals surface area contributed by atoms with Crippen LogP contribution in [0.15, 0.2) is 58.6 Å². The number of carbonyl (C=O) groups is 1. The zero-order valence-electron chi connectivity index (χ0n) is 17.1. The number of benzene rings is 2. The highest BCUT2D eigenvalue weighted by Gasteiger charge is 2.39. The Hall–Kier alpha value is -2.88. The van der Waals surface area contributed by atoms with Crippen LogP contribution in [-0.4, -0.2) is 42.3 Å². The summed E-state index contributed by atoms with van der Waals surface area (Å²) in [7, 11) is 0. The fraction of sp³-hybridized carbons (Fsp3) is 0.385. The van der Waals surface area contributed by atoms with E-state index in [1.165, 1.54) is 16.7 Å². The van der Waals surface area contributed by atoms with E-state index in [1.54, 1.807) is 0 Å². The molecule has 0 bridgehead atoms. The highest BCUT2D eigenvalue weighted by molar-refractivity contribution is 5.95. The molecule has 0 aromatic heterocycles. The van der Waals surface area contributed by atoms with Crippen LogP contribution in [0.4, 0.5) is 0 Å². The molecule has 2 heterocycles. The molecule has 2 aliphatic carbocycles. The van der Waals surface area contributed by atoms with E-state index in [4.69, 9.17) is 4.74 Å². The average Bonchev–Trinajstić information content (AvgIpc) is 3.30. The van der Waals surface area contributed by atoms with Crippen LogP contribution >= 0.6 is 0 Å². The first kappa shape index (κ1) is 17.9. The minimum atomic E-state index is 0.183. The van der Waals surface area contributed by atoms with Crippen LogP contribution in [-0.2, 0) is 6.42 Å². The van der Waals surface area contributed by atoms with Crippen LogP contribution in [0.25, 0.3) is 11.1 Å². The lowest BCUT2D eigenvalue weighted by molar-refractivity contribution is 0.0645. The first-order chi connectivity index (χ1) is 14.8. The Kier molecular flexibility index (Phi) is 4.26. The molecule has 0 N–H and O–H groups in total. The Labute approximate surface area is 177 Å². The van der Waals surface area contributed by atoms with Crippen molar-refractivity contribution in [3.05, 3.63) is 64.7 Å². The van der Waals surface area contributed by atoms with Crippen molar-refractivity contribution >= 4 is 12.1 Å². The van der Waals surface area contributed by atoms with Gasteiger partial charge in [0.25, 0.3) is 5.91 Å². The van der Waals surface area contributed by atoms with Crippen LogP contribution in [0.5, 0.6) is 5.75 Å². The molecule has 6 rings (SSSR count). The Bertz CT molecular complexity index is 1060. The summed E-state index contributed by atoms with van der Waals surface area (Å²) < 4.78 is 5.86. The zero-order chi connectivity index (χ0) is 20.1. The zero-order valence-corrected chi connectivity index (χ0v) is 17.1. The molecule has 1 unspecified atom stereocenters. The predicted octanol–water partition coefficient (Wildman–Crippen LogP) is 4.83. The average molecular weight is 399 g/mol. The summed E-state index contributed by atoms with van der Waals surface area (Å²) in [5.41, 5.74) is 7.15.